The van der Waals surface area contributed by atoms with Crippen LogP contribution >= 0.6 is 0 Å². The van der Waals surface area contributed by atoms with Crippen molar-refractivity contribution in [2.45, 2.75) is 25.8 Å². The number of aryl methyl sites for hydroxylation is 1. The molecule has 12 heavy (non-hydrogen) atoms. The maximum absolute atomic E-state index is 5.93. The van der Waals surface area contributed by atoms with Crippen molar-refractivity contribution >= 4 is 5.69 Å². The normalized spacial score (nSPS) is 21.0. The molecule has 0 amide bonds. The quantitative estimate of drug-likeness (QED) is 0.568. The van der Waals surface area contributed by atoms with Gasteiger partial charge in [-0.1, -0.05) is 0 Å². The third-order valence-corrected chi connectivity index (χ3v) is 2.63. The highest BCUT2D eigenvalue weighted by molar-refractivity contribution is 5.52. The van der Waals surface area contributed by atoms with Crippen molar-refractivity contribution in [1.82, 2.24) is 0 Å². The second-order valence-corrected chi connectivity index (χ2v) is 3.55. The summed E-state index contributed by atoms with van der Waals surface area (Å²) in [5.41, 5.74) is 16.5. The molecule has 1 aromatic carbocycles. The van der Waals surface area contributed by atoms with E-state index >= 15 is 0 Å². The summed E-state index contributed by atoms with van der Waals surface area (Å²) in [5.74, 6) is 0. The Balaban J connectivity index is 2.60. The van der Waals surface area contributed by atoms with E-state index in [0.717, 1.165) is 18.5 Å². The van der Waals surface area contributed by atoms with Crippen LogP contribution in [0.1, 0.15) is 29.2 Å². The lowest BCUT2D eigenvalue weighted by Crippen LogP contribution is -2.05. The van der Waals surface area contributed by atoms with Gasteiger partial charge in [0.05, 0.1) is 0 Å². The lowest BCUT2D eigenvalue weighted by Gasteiger charge is -2.07. The number of rotatable bonds is 0. The van der Waals surface area contributed by atoms with Gasteiger partial charge in [0.2, 0.25) is 0 Å². The molecule has 2 heteroatoms. The van der Waals surface area contributed by atoms with E-state index in [1.54, 1.807) is 0 Å². The van der Waals surface area contributed by atoms with Gasteiger partial charge in [-0.2, -0.15) is 0 Å². The van der Waals surface area contributed by atoms with E-state index in [0.29, 0.717) is 0 Å². The van der Waals surface area contributed by atoms with Crippen molar-refractivity contribution in [2.75, 3.05) is 5.73 Å². The molecule has 1 aromatic rings. The van der Waals surface area contributed by atoms with E-state index in [4.69, 9.17) is 11.5 Å². The van der Waals surface area contributed by atoms with E-state index in [-0.39, 0.29) is 6.04 Å². The van der Waals surface area contributed by atoms with Gasteiger partial charge in [-0.25, -0.2) is 0 Å². The smallest absolute Gasteiger partial charge is 0.0320 e. The highest BCUT2D eigenvalue weighted by atomic mass is 14.7. The van der Waals surface area contributed by atoms with Gasteiger partial charge in [0.15, 0.2) is 0 Å². The van der Waals surface area contributed by atoms with Crippen LogP contribution in [0.5, 0.6) is 0 Å². The van der Waals surface area contributed by atoms with Gasteiger partial charge in [0.1, 0.15) is 0 Å². The summed E-state index contributed by atoms with van der Waals surface area (Å²) in [6.07, 6.45) is 2.18. The molecule has 1 aliphatic carbocycles. The van der Waals surface area contributed by atoms with Crippen molar-refractivity contribution in [3.63, 3.8) is 0 Å². The molecule has 4 N–H and O–H groups in total. The van der Waals surface area contributed by atoms with Crippen molar-refractivity contribution < 1.29 is 0 Å². The van der Waals surface area contributed by atoms with Crippen LogP contribution in [0, 0.1) is 6.92 Å². The Hall–Kier alpha value is -1.02. The first-order valence-corrected chi connectivity index (χ1v) is 4.33. The Bertz CT molecular complexity index is 318. The molecule has 1 aliphatic rings. The highest BCUT2D eigenvalue weighted by Crippen LogP contribution is 2.32. The molecular formula is C10H14N2. The largest absolute Gasteiger partial charge is 0.399 e. The predicted octanol–water partition coefficient (Wildman–Crippen LogP) is 1.52. The molecule has 1 atom stereocenters. The molecule has 0 heterocycles. The van der Waals surface area contributed by atoms with E-state index in [1.807, 2.05) is 12.1 Å². The van der Waals surface area contributed by atoms with Crippen LogP contribution in [0.15, 0.2) is 12.1 Å². The summed E-state index contributed by atoms with van der Waals surface area (Å²) in [6, 6.07) is 4.25. The number of benzene rings is 1. The van der Waals surface area contributed by atoms with Gasteiger partial charge in [-0.3, -0.25) is 0 Å². The maximum atomic E-state index is 5.93. The summed E-state index contributed by atoms with van der Waals surface area (Å²) in [7, 11) is 0. The first-order valence-electron chi connectivity index (χ1n) is 4.33. The SMILES string of the molecule is Cc1cc(N)cc2c1CCC2N. The molecule has 0 saturated heterocycles. The number of anilines is 1. The standard InChI is InChI=1S/C10H14N2/c1-6-4-7(11)5-9-8(6)2-3-10(9)12/h4-5,10H,2-3,11-12H2,1H3. The average molecular weight is 162 g/mol. The molecule has 0 radical (unpaired) electrons. The monoisotopic (exact) mass is 162 g/mol. The van der Waals surface area contributed by atoms with Crippen LogP contribution in [-0.2, 0) is 6.42 Å². The lowest BCUT2D eigenvalue weighted by molar-refractivity contribution is 0.713. The third kappa shape index (κ3) is 0.994. The number of nitrogen functional groups attached to an aromatic ring is 1. The van der Waals surface area contributed by atoms with Crippen LogP contribution < -0.4 is 11.5 Å². The topological polar surface area (TPSA) is 52.0 Å². The molecule has 2 nitrogen and oxygen atoms in total. The fourth-order valence-corrected chi connectivity index (χ4v) is 2.00. The molecule has 64 valence electrons. The first-order chi connectivity index (χ1) is 5.68. The molecule has 0 aliphatic heterocycles. The van der Waals surface area contributed by atoms with E-state index < -0.39 is 0 Å². The summed E-state index contributed by atoms with van der Waals surface area (Å²) in [6.45, 7) is 2.10. The minimum absolute atomic E-state index is 0.210. The maximum Gasteiger partial charge on any atom is 0.0320 e. The van der Waals surface area contributed by atoms with Crippen molar-refractivity contribution in [2.24, 2.45) is 5.73 Å². The second kappa shape index (κ2) is 2.49. The summed E-state index contributed by atoms with van der Waals surface area (Å²) in [4.78, 5) is 0. The van der Waals surface area contributed by atoms with Crippen molar-refractivity contribution in [1.29, 1.82) is 0 Å². The first kappa shape index (κ1) is 7.62. The zero-order chi connectivity index (χ0) is 8.72. The lowest BCUT2D eigenvalue weighted by atomic mass is 10.0. The van der Waals surface area contributed by atoms with Gasteiger partial charge >= 0.3 is 0 Å². The fourth-order valence-electron chi connectivity index (χ4n) is 2.00. The highest BCUT2D eigenvalue weighted by Gasteiger charge is 2.20. The summed E-state index contributed by atoms with van der Waals surface area (Å²) in [5, 5.41) is 0. The number of hydrogen-bond acceptors (Lipinski definition) is 2. The number of fused-ring (bicyclic) bond motifs is 1. The van der Waals surface area contributed by atoms with Crippen LogP contribution in [0.3, 0.4) is 0 Å². The van der Waals surface area contributed by atoms with Gasteiger partial charge in [-0.15, -0.1) is 0 Å². The Morgan fingerprint density at radius 1 is 1.42 bits per heavy atom. The predicted molar refractivity (Wildman–Crippen MR) is 50.8 cm³/mol. The Kier molecular flexibility index (Phi) is 1.58. The summed E-state index contributed by atoms with van der Waals surface area (Å²) >= 11 is 0. The molecular weight excluding hydrogens is 148 g/mol. The molecule has 1 unspecified atom stereocenters. The zero-order valence-corrected chi connectivity index (χ0v) is 7.30. The minimum atomic E-state index is 0.210. The average Bonchev–Trinajstić information content (AvgIpc) is 2.33. The van der Waals surface area contributed by atoms with Gasteiger partial charge in [-0.05, 0) is 48.6 Å². The minimum Gasteiger partial charge on any atom is -0.399 e. The summed E-state index contributed by atoms with van der Waals surface area (Å²) < 4.78 is 0. The fraction of sp³-hybridized carbons (Fsp3) is 0.400. The van der Waals surface area contributed by atoms with Gasteiger partial charge in [0, 0.05) is 11.7 Å². The zero-order valence-electron chi connectivity index (χ0n) is 7.30. The van der Waals surface area contributed by atoms with Crippen LogP contribution in [-0.4, -0.2) is 0 Å². The van der Waals surface area contributed by atoms with Crippen molar-refractivity contribution in [3.8, 4) is 0 Å². The number of hydrogen-bond donors (Lipinski definition) is 2. The van der Waals surface area contributed by atoms with E-state index in [1.165, 1.54) is 16.7 Å². The Morgan fingerprint density at radius 3 is 2.92 bits per heavy atom. The Labute approximate surface area is 72.6 Å². The van der Waals surface area contributed by atoms with Gasteiger partial charge < -0.3 is 11.5 Å². The van der Waals surface area contributed by atoms with Crippen molar-refractivity contribution in [3.05, 3.63) is 28.8 Å². The van der Waals surface area contributed by atoms with Crippen LogP contribution in [0.2, 0.25) is 0 Å². The van der Waals surface area contributed by atoms with E-state index in [2.05, 4.69) is 6.92 Å². The van der Waals surface area contributed by atoms with Crippen LogP contribution in [0.4, 0.5) is 5.69 Å². The molecule has 0 saturated carbocycles. The Morgan fingerprint density at radius 2 is 2.17 bits per heavy atom. The molecule has 2 rings (SSSR count). The van der Waals surface area contributed by atoms with Crippen LogP contribution in [0.25, 0.3) is 0 Å². The second-order valence-electron chi connectivity index (χ2n) is 3.55. The molecule has 0 spiro atoms. The molecule has 0 fully saturated rings. The van der Waals surface area contributed by atoms with E-state index in [9.17, 15) is 0 Å². The van der Waals surface area contributed by atoms with Gasteiger partial charge in [0.25, 0.3) is 0 Å². The molecule has 0 bridgehead atoms. The third-order valence-electron chi connectivity index (χ3n) is 2.63. The molecule has 0 aromatic heterocycles. The number of nitrogens with two attached hydrogens (primary N) is 2.